The van der Waals surface area contributed by atoms with Crippen molar-refractivity contribution in [3.63, 3.8) is 0 Å². The van der Waals surface area contributed by atoms with Crippen molar-refractivity contribution < 1.29 is 4.92 Å². The van der Waals surface area contributed by atoms with Gasteiger partial charge in [0.05, 0.1) is 15.6 Å². The lowest BCUT2D eigenvalue weighted by atomic mass is 9.99. The maximum absolute atomic E-state index is 10.8. The number of benzene rings is 2. The summed E-state index contributed by atoms with van der Waals surface area (Å²) < 4.78 is 0. The maximum Gasteiger partial charge on any atom is 0.271 e. The van der Waals surface area contributed by atoms with Crippen molar-refractivity contribution in [1.82, 2.24) is 0 Å². The smallest absolute Gasteiger partial charge is 0.271 e. The molecule has 0 saturated carbocycles. The molecule has 3 rings (SSSR count). The number of azo groups is 1. The molecule has 30 heavy (non-hydrogen) atoms. The summed E-state index contributed by atoms with van der Waals surface area (Å²) in [5.41, 5.74) is 3.75. The van der Waals surface area contributed by atoms with Crippen LogP contribution in [-0.4, -0.2) is 17.0 Å². The number of nitro groups is 1. The summed E-state index contributed by atoms with van der Waals surface area (Å²) in [7, 11) is 0. The summed E-state index contributed by atoms with van der Waals surface area (Å²) in [5, 5.41) is 19.5. The van der Waals surface area contributed by atoms with Gasteiger partial charge in [0.15, 0.2) is 0 Å². The monoisotopic (exact) mass is 428 g/mol. The second-order valence-corrected chi connectivity index (χ2v) is 8.87. The van der Waals surface area contributed by atoms with E-state index in [1.54, 1.807) is 0 Å². The van der Waals surface area contributed by atoms with Gasteiger partial charge in [-0.25, -0.2) is 0 Å². The average Bonchev–Trinajstić information content (AvgIpc) is 2.95. The van der Waals surface area contributed by atoms with Crippen molar-refractivity contribution in [2.75, 3.05) is 11.4 Å². The molecule has 7 heteroatoms. The van der Waals surface area contributed by atoms with E-state index in [1.807, 2.05) is 6.07 Å². The summed E-state index contributed by atoms with van der Waals surface area (Å²) in [6.07, 6.45) is 7.34. The van der Waals surface area contributed by atoms with Gasteiger partial charge in [-0.2, -0.15) is 5.11 Å². The molecule has 0 unspecified atom stereocenters. The van der Waals surface area contributed by atoms with E-state index in [1.165, 1.54) is 61.6 Å². The van der Waals surface area contributed by atoms with Gasteiger partial charge in [-0.1, -0.05) is 44.2 Å². The number of anilines is 1. The molecule has 0 aromatic heterocycles. The first-order valence-electron chi connectivity index (χ1n) is 10.6. The largest absolute Gasteiger partial charge is 0.366 e. The fraction of sp³-hybridized carbons (Fsp3) is 0.478. The number of rotatable bonds is 9. The number of hydrogen-bond donors (Lipinski definition) is 0. The fourth-order valence-corrected chi connectivity index (χ4v) is 4.24. The molecular formula is C23H29ClN4O2. The van der Waals surface area contributed by atoms with E-state index in [9.17, 15) is 10.1 Å². The Labute approximate surface area is 183 Å². The van der Waals surface area contributed by atoms with Crippen molar-refractivity contribution in [2.45, 2.75) is 64.8 Å². The SMILES string of the molecule is CCCCCCCN1c2ccc(N=Nc3ccc([N+](=O)[O-])cc3Cl)cc2CC1(C)C. The van der Waals surface area contributed by atoms with E-state index >= 15 is 0 Å². The summed E-state index contributed by atoms with van der Waals surface area (Å²) in [5.74, 6) is 0. The number of non-ortho nitro benzene ring substituents is 1. The zero-order valence-electron chi connectivity index (χ0n) is 17.9. The number of nitrogens with zero attached hydrogens (tertiary/aromatic N) is 4. The van der Waals surface area contributed by atoms with Gasteiger partial charge in [0.2, 0.25) is 0 Å². The highest BCUT2D eigenvalue weighted by molar-refractivity contribution is 6.33. The number of hydrogen-bond acceptors (Lipinski definition) is 5. The predicted molar refractivity (Wildman–Crippen MR) is 123 cm³/mol. The molecule has 1 aliphatic rings. The van der Waals surface area contributed by atoms with E-state index in [-0.39, 0.29) is 16.2 Å². The lowest BCUT2D eigenvalue weighted by Crippen LogP contribution is -2.41. The zero-order valence-corrected chi connectivity index (χ0v) is 18.7. The van der Waals surface area contributed by atoms with Gasteiger partial charge >= 0.3 is 0 Å². The zero-order chi connectivity index (χ0) is 21.7. The van der Waals surface area contributed by atoms with Gasteiger partial charge in [-0.3, -0.25) is 10.1 Å². The second-order valence-electron chi connectivity index (χ2n) is 8.46. The lowest BCUT2D eigenvalue weighted by Gasteiger charge is -2.34. The quantitative estimate of drug-likeness (QED) is 0.177. The van der Waals surface area contributed by atoms with Crippen LogP contribution in [0, 0.1) is 10.1 Å². The molecule has 0 atom stereocenters. The second kappa shape index (κ2) is 9.56. The molecule has 1 heterocycles. The molecule has 0 spiro atoms. The van der Waals surface area contributed by atoms with Gasteiger partial charge in [0, 0.05) is 29.9 Å². The highest BCUT2D eigenvalue weighted by Gasteiger charge is 2.35. The van der Waals surface area contributed by atoms with Crippen molar-refractivity contribution >= 4 is 34.4 Å². The van der Waals surface area contributed by atoms with Crippen LogP contribution in [0.1, 0.15) is 58.4 Å². The van der Waals surface area contributed by atoms with Crippen LogP contribution in [0.2, 0.25) is 5.02 Å². The Balaban J connectivity index is 1.72. The third-order valence-corrected chi connectivity index (χ3v) is 5.91. The molecule has 0 radical (unpaired) electrons. The van der Waals surface area contributed by atoms with Gasteiger partial charge < -0.3 is 4.90 Å². The number of halogens is 1. The van der Waals surface area contributed by atoms with Crippen LogP contribution >= 0.6 is 11.6 Å². The van der Waals surface area contributed by atoms with Crippen molar-refractivity contribution in [2.24, 2.45) is 10.2 Å². The number of unbranched alkanes of at least 4 members (excludes halogenated alkanes) is 4. The molecule has 1 aliphatic heterocycles. The molecule has 0 aliphatic carbocycles. The van der Waals surface area contributed by atoms with E-state index in [2.05, 4.69) is 48.0 Å². The Bertz CT molecular complexity index is 943. The molecule has 0 N–H and O–H groups in total. The molecule has 0 amide bonds. The van der Waals surface area contributed by atoms with Crippen LogP contribution in [0.5, 0.6) is 0 Å². The highest BCUT2D eigenvalue weighted by atomic mass is 35.5. The van der Waals surface area contributed by atoms with Gasteiger partial charge in [-0.15, -0.1) is 5.11 Å². The minimum Gasteiger partial charge on any atom is -0.366 e. The topological polar surface area (TPSA) is 71.1 Å². The van der Waals surface area contributed by atoms with Crippen LogP contribution in [0.3, 0.4) is 0 Å². The minimum absolute atomic E-state index is 0.0616. The Morgan fingerprint density at radius 2 is 1.87 bits per heavy atom. The third-order valence-electron chi connectivity index (χ3n) is 5.61. The molecule has 6 nitrogen and oxygen atoms in total. The minimum atomic E-state index is -0.482. The number of nitro benzene ring substituents is 1. The fourth-order valence-electron chi connectivity index (χ4n) is 4.03. The molecule has 2 aromatic carbocycles. The first-order valence-corrected chi connectivity index (χ1v) is 11.0. The van der Waals surface area contributed by atoms with Crippen molar-refractivity contribution in [1.29, 1.82) is 0 Å². The molecular weight excluding hydrogens is 400 g/mol. The van der Waals surface area contributed by atoms with Crippen LogP contribution in [0.15, 0.2) is 46.6 Å². The summed E-state index contributed by atoms with van der Waals surface area (Å²) in [6.45, 7) is 7.89. The maximum atomic E-state index is 10.8. The van der Waals surface area contributed by atoms with Crippen LogP contribution in [-0.2, 0) is 6.42 Å². The van der Waals surface area contributed by atoms with E-state index in [0.717, 1.165) is 18.7 Å². The third kappa shape index (κ3) is 5.17. The predicted octanol–water partition coefficient (Wildman–Crippen LogP) is 7.78. The molecule has 0 saturated heterocycles. The van der Waals surface area contributed by atoms with E-state index in [0.29, 0.717) is 5.69 Å². The Kier molecular flexibility index (Phi) is 7.08. The summed E-state index contributed by atoms with van der Waals surface area (Å²) >= 11 is 6.11. The molecule has 0 fully saturated rings. The summed E-state index contributed by atoms with van der Waals surface area (Å²) in [4.78, 5) is 12.9. The van der Waals surface area contributed by atoms with E-state index in [4.69, 9.17) is 11.6 Å². The molecule has 2 aromatic rings. The van der Waals surface area contributed by atoms with Crippen molar-refractivity contribution in [3.05, 3.63) is 57.1 Å². The van der Waals surface area contributed by atoms with Gasteiger partial charge in [0.1, 0.15) is 5.69 Å². The van der Waals surface area contributed by atoms with Crippen LogP contribution in [0.4, 0.5) is 22.7 Å². The molecule has 160 valence electrons. The lowest BCUT2D eigenvalue weighted by molar-refractivity contribution is -0.384. The Morgan fingerprint density at radius 3 is 2.57 bits per heavy atom. The van der Waals surface area contributed by atoms with Crippen LogP contribution in [0.25, 0.3) is 0 Å². The Hall–Kier alpha value is -2.47. The van der Waals surface area contributed by atoms with Crippen molar-refractivity contribution in [3.8, 4) is 0 Å². The van der Waals surface area contributed by atoms with Gasteiger partial charge in [0.25, 0.3) is 5.69 Å². The first-order chi connectivity index (χ1) is 14.3. The normalized spacial score (nSPS) is 15.0. The standard InChI is InChI=1S/C23H29ClN4O2/c1-4-5-6-7-8-13-27-22-12-9-18(14-17(22)16-23(27,2)3)25-26-21-11-10-19(28(29)30)15-20(21)24/h9-12,14-15H,4-8,13,16H2,1-3H3. The summed E-state index contributed by atoms with van der Waals surface area (Å²) in [6, 6.07) is 10.4. The first kappa shape index (κ1) is 22.2. The average molecular weight is 429 g/mol. The van der Waals surface area contributed by atoms with E-state index < -0.39 is 4.92 Å². The van der Waals surface area contributed by atoms with Gasteiger partial charge in [-0.05, 0) is 56.5 Å². The molecule has 0 bridgehead atoms. The van der Waals surface area contributed by atoms with Crippen LogP contribution < -0.4 is 4.90 Å². The Morgan fingerprint density at radius 1 is 1.10 bits per heavy atom. The highest BCUT2D eigenvalue weighted by Crippen LogP contribution is 2.41. The number of fused-ring (bicyclic) bond motifs is 1.